The molecule has 1 aromatic heterocycles. The first-order chi connectivity index (χ1) is 21.3. The van der Waals surface area contributed by atoms with Crippen LogP contribution >= 0.6 is 50.9 Å². The van der Waals surface area contributed by atoms with Gasteiger partial charge in [-0.1, -0.05) is 51.3 Å². The van der Waals surface area contributed by atoms with Gasteiger partial charge in [0.1, 0.15) is 16.1 Å². The van der Waals surface area contributed by atoms with Crippen molar-refractivity contribution in [2.24, 2.45) is 5.92 Å². The molecule has 2 atom stereocenters. The third-order valence-electron chi connectivity index (χ3n) is 7.23. The van der Waals surface area contributed by atoms with E-state index in [2.05, 4.69) is 20.7 Å². The summed E-state index contributed by atoms with van der Waals surface area (Å²) in [5.74, 6) is -0.394. The van der Waals surface area contributed by atoms with Crippen molar-refractivity contribution < 1.29 is 40.9 Å². The highest BCUT2D eigenvalue weighted by molar-refractivity contribution is 9.10. The third kappa shape index (κ3) is 8.14. The zero-order valence-electron chi connectivity index (χ0n) is 23.6. The van der Waals surface area contributed by atoms with E-state index in [0.29, 0.717) is 26.4 Å². The summed E-state index contributed by atoms with van der Waals surface area (Å²) in [4.78, 5) is 13.8. The molecule has 3 aromatic rings. The van der Waals surface area contributed by atoms with E-state index >= 15 is 0 Å². The molecular formula is C29H27BrCl2F2N2O7S2. The molecule has 1 saturated heterocycles. The molecule has 0 amide bonds. The molecule has 2 aliphatic rings. The Labute approximate surface area is 281 Å². The Kier molecular flexibility index (Phi) is 10.7. The van der Waals surface area contributed by atoms with Crippen LogP contribution in [0.3, 0.4) is 0 Å². The van der Waals surface area contributed by atoms with Crippen molar-refractivity contribution in [1.82, 2.24) is 4.31 Å². The lowest BCUT2D eigenvalue weighted by molar-refractivity contribution is -0.605. The van der Waals surface area contributed by atoms with Crippen molar-refractivity contribution in [2.75, 3.05) is 18.9 Å². The van der Waals surface area contributed by atoms with Crippen LogP contribution < -0.4 is 14.2 Å². The van der Waals surface area contributed by atoms with Crippen LogP contribution in [0, 0.1) is 18.0 Å². The number of nitrogens with zero attached hydrogens (tertiary/aromatic N) is 2. The highest BCUT2D eigenvalue weighted by Crippen LogP contribution is 2.39. The summed E-state index contributed by atoms with van der Waals surface area (Å²) in [6.45, 7) is -0.923. The van der Waals surface area contributed by atoms with Crippen molar-refractivity contribution in [1.29, 1.82) is 0 Å². The van der Waals surface area contributed by atoms with E-state index in [0.717, 1.165) is 46.9 Å². The van der Waals surface area contributed by atoms with E-state index in [-0.39, 0.29) is 51.6 Å². The summed E-state index contributed by atoms with van der Waals surface area (Å²) < 4.78 is 72.1. The minimum Gasteiger partial charge on any atom is -0.619 e. The summed E-state index contributed by atoms with van der Waals surface area (Å²) in [6, 6.07) is 8.74. The number of hydrogen-bond donors (Lipinski definition) is 0. The highest BCUT2D eigenvalue weighted by atomic mass is 79.9. The number of halogens is 5. The summed E-state index contributed by atoms with van der Waals surface area (Å²) in [5, 5.41) is 10.7. The van der Waals surface area contributed by atoms with Gasteiger partial charge in [0.15, 0.2) is 29.3 Å². The standard InChI is InChI=1S/C29H27BrCl2F2N2O7S2/c1-16-2-6-19(11-21(16)30)45(39,40)36-8-9-44-27(36)28(37)42-25(12-20-22(31)13-35(38)14-23(20)32)18-5-7-24(43-29(33)34)26(10-18)41-15-17-3-4-17/h2,5-7,10-11,13-14,17,25,27,29H,3-4,8-9,12,15H2,1H3. The summed E-state index contributed by atoms with van der Waals surface area (Å²) in [5.41, 5.74) is 1.45. The molecule has 2 heterocycles. The van der Waals surface area contributed by atoms with E-state index in [4.69, 9.17) is 32.7 Å². The summed E-state index contributed by atoms with van der Waals surface area (Å²) in [6.07, 6.45) is 2.81. The third-order valence-corrected chi connectivity index (χ3v) is 11.9. The van der Waals surface area contributed by atoms with Crippen LogP contribution in [0.25, 0.3) is 0 Å². The van der Waals surface area contributed by atoms with Crippen LogP contribution in [0.1, 0.15) is 35.6 Å². The van der Waals surface area contributed by atoms with Crippen LogP contribution in [0.4, 0.5) is 8.78 Å². The summed E-state index contributed by atoms with van der Waals surface area (Å²) in [7, 11) is -4.09. The zero-order valence-corrected chi connectivity index (χ0v) is 28.4. The molecule has 2 unspecified atom stereocenters. The molecule has 9 nitrogen and oxygen atoms in total. The van der Waals surface area contributed by atoms with Gasteiger partial charge in [-0.25, -0.2) is 13.2 Å². The second-order valence-corrected chi connectivity index (χ2v) is 15.3. The molecule has 2 fully saturated rings. The van der Waals surface area contributed by atoms with E-state index in [9.17, 15) is 27.2 Å². The molecule has 0 N–H and O–H groups in total. The number of rotatable bonds is 12. The normalized spacial score (nSPS) is 17.8. The topological polar surface area (TPSA) is 109 Å². The number of carbonyl (C=O) groups excluding carboxylic acids is 1. The van der Waals surface area contributed by atoms with Gasteiger partial charge < -0.3 is 19.4 Å². The van der Waals surface area contributed by atoms with Crippen molar-refractivity contribution in [3.8, 4) is 11.5 Å². The van der Waals surface area contributed by atoms with Crippen molar-refractivity contribution in [2.45, 2.75) is 49.2 Å². The Bertz CT molecular complexity index is 1680. The van der Waals surface area contributed by atoms with Gasteiger partial charge >= 0.3 is 12.6 Å². The molecule has 2 aromatic carbocycles. The average Bonchev–Trinajstić information content (AvgIpc) is 3.66. The Morgan fingerprint density at radius 1 is 1.16 bits per heavy atom. The Balaban J connectivity index is 1.47. The molecule has 242 valence electrons. The van der Waals surface area contributed by atoms with Gasteiger partial charge in [0.05, 0.1) is 11.5 Å². The Morgan fingerprint density at radius 3 is 2.51 bits per heavy atom. The van der Waals surface area contributed by atoms with Gasteiger partial charge in [0.2, 0.25) is 10.0 Å². The lowest BCUT2D eigenvalue weighted by Crippen LogP contribution is -2.40. The number of carbonyl (C=O) groups is 1. The maximum absolute atomic E-state index is 13.7. The first-order valence-electron chi connectivity index (χ1n) is 13.7. The summed E-state index contributed by atoms with van der Waals surface area (Å²) >= 11 is 17.1. The van der Waals surface area contributed by atoms with Crippen LogP contribution in [-0.2, 0) is 26.0 Å². The molecule has 1 aliphatic heterocycles. The lowest BCUT2D eigenvalue weighted by Gasteiger charge is -2.26. The van der Waals surface area contributed by atoms with Crippen molar-refractivity contribution >= 4 is 66.9 Å². The number of esters is 1. The number of sulfonamides is 1. The maximum atomic E-state index is 13.7. The molecule has 45 heavy (non-hydrogen) atoms. The van der Waals surface area contributed by atoms with Crippen LogP contribution in [0.15, 0.2) is 58.2 Å². The molecule has 0 spiro atoms. The number of hydrogen-bond acceptors (Lipinski definition) is 8. The molecule has 0 radical (unpaired) electrons. The Hall–Kier alpha value is -2.36. The SMILES string of the molecule is Cc1ccc(S(=O)(=O)N2CCSC2C(=O)OC(Cc2c(Cl)c[n+]([O-])cc2Cl)c2ccc(OC(F)F)c(OCC3CC3)c2)cc1Br. The zero-order chi connectivity index (χ0) is 32.5. The van der Waals surface area contributed by atoms with Crippen LogP contribution in [0.5, 0.6) is 11.5 Å². The molecule has 1 aliphatic carbocycles. The van der Waals surface area contributed by atoms with E-state index in [1.165, 1.54) is 30.3 Å². The van der Waals surface area contributed by atoms with Gasteiger partial charge in [-0.3, -0.25) is 0 Å². The molecule has 0 bridgehead atoms. The number of thioether (sulfide) groups is 1. The van der Waals surface area contributed by atoms with Gasteiger partial charge in [-0.05, 0) is 61.1 Å². The first-order valence-corrected chi connectivity index (χ1v) is 17.8. The fourth-order valence-corrected chi connectivity index (χ4v) is 8.82. The molecule has 5 rings (SSSR count). The molecular weight excluding hydrogens is 741 g/mol. The second-order valence-electron chi connectivity index (χ2n) is 10.5. The minimum atomic E-state index is -4.09. The number of aromatic nitrogens is 1. The number of benzene rings is 2. The predicted octanol–water partition coefficient (Wildman–Crippen LogP) is 6.68. The minimum absolute atomic E-state index is 0.00537. The van der Waals surface area contributed by atoms with Gasteiger partial charge in [0, 0.05) is 28.8 Å². The number of aryl methyl sites for hydroxylation is 1. The first kappa shape index (κ1) is 34.0. The highest BCUT2D eigenvalue weighted by Gasteiger charge is 2.42. The van der Waals surface area contributed by atoms with Crippen LogP contribution in [-0.4, -0.2) is 49.6 Å². The molecule has 1 saturated carbocycles. The number of alkyl halides is 2. The van der Waals surface area contributed by atoms with E-state index < -0.39 is 34.1 Å². The fourth-order valence-electron chi connectivity index (χ4n) is 4.62. The Morgan fingerprint density at radius 2 is 1.87 bits per heavy atom. The monoisotopic (exact) mass is 766 g/mol. The largest absolute Gasteiger partial charge is 0.619 e. The van der Waals surface area contributed by atoms with E-state index in [1.54, 1.807) is 6.07 Å². The number of pyridine rings is 1. The van der Waals surface area contributed by atoms with Crippen molar-refractivity contribution in [3.05, 3.63) is 85.2 Å². The molecule has 16 heteroatoms. The number of ether oxygens (including phenoxy) is 3. The second kappa shape index (κ2) is 14.2. The quantitative estimate of drug-likeness (QED) is 0.114. The maximum Gasteiger partial charge on any atom is 0.387 e. The van der Waals surface area contributed by atoms with Gasteiger partial charge in [-0.2, -0.15) is 17.8 Å². The van der Waals surface area contributed by atoms with Gasteiger partial charge in [-0.15, -0.1) is 11.8 Å². The lowest BCUT2D eigenvalue weighted by atomic mass is 10.0. The smallest absolute Gasteiger partial charge is 0.387 e. The predicted molar refractivity (Wildman–Crippen MR) is 168 cm³/mol. The van der Waals surface area contributed by atoms with Gasteiger partial charge in [0.25, 0.3) is 0 Å². The van der Waals surface area contributed by atoms with Crippen LogP contribution in [0.2, 0.25) is 10.0 Å². The van der Waals surface area contributed by atoms with Crippen molar-refractivity contribution in [3.63, 3.8) is 0 Å². The fraction of sp³-hybridized carbons (Fsp3) is 0.379. The average molecular weight is 768 g/mol. The van der Waals surface area contributed by atoms with E-state index in [1.807, 2.05) is 6.92 Å².